The van der Waals surface area contributed by atoms with E-state index in [1.165, 1.54) is 10.9 Å². The van der Waals surface area contributed by atoms with Crippen molar-refractivity contribution < 1.29 is 8.42 Å². The van der Waals surface area contributed by atoms with E-state index in [0.717, 1.165) is 6.42 Å². The number of nitrogens with one attached hydrogen (secondary N) is 1. The summed E-state index contributed by atoms with van der Waals surface area (Å²) in [6.45, 7) is 2.57. The molecule has 1 N–H and O–H groups in total. The van der Waals surface area contributed by atoms with Crippen LogP contribution in [-0.4, -0.2) is 24.5 Å². The van der Waals surface area contributed by atoms with Crippen LogP contribution < -0.4 is 4.72 Å². The fraction of sp³-hybridized carbons (Fsp3) is 0.667. The van der Waals surface area contributed by atoms with E-state index in [1.54, 1.807) is 7.05 Å². The Balaban J connectivity index is 2.09. The molecule has 1 aliphatic rings. The average molecular weight is 264 g/mol. The molecule has 1 fully saturated rings. The molecule has 16 heavy (non-hydrogen) atoms. The summed E-state index contributed by atoms with van der Waals surface area (Å²) in [5, 5.41) is 0.0429. The minimum absolute atomic E-state index is 0.0926. The van der Waals surface area contributed by atoms with Crippen LogP contribution in [0, 0.1) is 11.8 Å². The van der Waals surface area contributed by atoms with Crippen LogP contribution in [0.5, 0.6) is 0 Å². The number of halogens is 1. The lowest BCUT2D eigenvalue weighted by molar-refractivity contribution is 0.571. The van der Waals surface area contributed by atoms with Crippen molar-refractivity contribution in [2.75, 3.05) is 6.54 Å². The number of rotatable bonds is 4. The van der Waals surface area contributed by atoms with Gasteiger partial charge in [-0.25, -0.2) is 18.1 Å². The van der Waals surface area contributed by atoms with Gasteiger partial charge in [0.1, 0.15) is 5.15 Å². The highest BCUT2D eigenvalue weighted by molar-refractivity contribution is 7.89. The van der Waals surface area contributed by atoms with Crippen molar-refractivity contribution in [2.45, 2.75) is 18.4 Å². The molecule has 7 heteroatoms. The number of imidazole rings is 1. The first kappa shape index (κ1) is 11.9. The van der Waals surface area contributed by atoms with Crippen LogP contribution in [-0.2, 0) is 17.1 Å². The van der Waals surface area contributed by atoms with E-state index in [1.807, 2.05) is 0 Å². The van der Waals surface area contributed by atoms with Gasteiger partial charge < -0.3 is 4.57 Å². The third kappa shape index (κ3) is 2.23. The summed E-state index contributed by atoms with van der Waals surface area (Å²) < 4.78 is 27.7. The molecule has 0 unspecified atom stereocenters. The van der Waals surface area contributed by atoms with Gasteiger partial charge in [-0.1, -0.05) is 18.5 Å². The molecule has 0 radical (unpaired) electrons. The first-order chi connectivity index (χ1) is 7.42. The van der Waals surface area contributed by atoms with Crippen LogP contribution in [0.15, 0.2) is 11.4 Å². The van der Waals surface area contributed by atoms with Crippen LogP contribution in [0.3, 0.4) is 0 Å². The van der Waals surface area contributed by atoms with Gasteiger partial charge in [-0.3, -0.25) is 0 Å². The molecular formula is C9H14ClN3O2S. The monoisotopic (exact) mass is 263 g/mol. The van der Waals surface area contributed by atoms with Crippen molar-refractivity contribution in [1.82, 2.24) is 14.3 Å². The Morgan fingerprint density at radius 2 is 2.31 bits per heavy atom. The summed E-state index contributed by atoms with van der Waals surface area (Å²) in [6.07, 6.45) is 2.47. The smallest absolute Gasteiger partial charge is 0.261 e. The third-order valence-electron chi connectivity index (χ3n) is 2.90. The predicted octanol–water partition coefficient (Wildman–Crippen LogP) is 1.01. The van der Waals surface area contributed by atoms with Crippen LogP contribution in [0.1, 0.15) is 13.3 Å². The fourth-order valence-corrected chi connectivity index (χ4v) is 3.06. The second-order valence-electron chi connectivity index (χ2n) is 4.28. The van der Waals surface area contributed by atoms with Gasteiger partial charge in [0, 0.05) is 13.6 Å². The Kier molecular flexibility index (Phi) is 2.98. The lowest BCUT2D eigenvalue weighted by atomic mass is 10.3. The second-order valence-corrected chi connectivity index (χ2v) is 6.32. The van der Waals surface area contributed by atoms with Crippen molar-refractivity contribution in [3.05, 3.63) is 11.5 Å². The molecule has 0 spiro atoms. The second kappa shape index (κ2) is 4.01. The summed E-state index contributed by atoms with van der Waals surface area (Å²) in [4.78, 5) is 3.78. The highest BCUT2D eigenvalue weighted by Gasteiger charge is 2.34. The molecule has 90 valence electrons. The van der Waals surface area contributed by atoms with Crippen molar-refractivity contribution in [3.8, 4) is 0 Å². The quantitative estimate of drug-likeness (QED) is 0.882. The Labute approximate surface area is 99.9 Å². The van der Waals surface area contributed by atoms with Gasteiger partial charge in [0.05, 0.1) is 6.33 Å². The lowest BCUT2D eigenvalue weighted by Gasteiger charge is -2.03. The van der Waals surface area contributed by atoms with E-state index >= 15 is 0 Å². The molecule has 1 saturated carbocycles. The number of aromatic nitrogens is 2. The maximum Gasteiger partial charge on any atom is 0.261 e. The van der Waals surface area contributed by atoms with E-state index in [9.17, 15) is 8.42 Å². The largest absolute Gasteiger partial charge is 0.324 e. The van der Waals surface area contributed by atoms with Gasteiger partial charge in [-0.15, -0.1) is 0 Å². The minimum atomic E-state index is -3.56. The van der Waals surface area contributed by atoms with Crippen LogP contribution in [0.25, 0.3) is 0 Å². The first-order valence-electron chi connectivity index (χ1n) is 5.08. The number of hydrogen-bond donors (Lipinski definition) is 1. The van der Waals surface area contributed by atoms with E-state index in [2.05, 4.69) is 16.6 Å². The topological polar surface area (TPSA) is 64.0 Å². The van der Waals surface area contributed by atoms with Gasteiger partial charge in [-0.2, -0.15) is 0 Å². The van der Waals surface area contributed by atoms with Gasteiger partial charge in [0.25, 0.3) is 10.0 Å². The third-order valence-corrected chi connectivity index (χ3v) is 4.81. The molecule has 0 amide bonds. The standard InChI is InChI=1S/C9H14ClN3O2S/c1-6-3-7(6)4-12-16(14,15)9-8(10)13(2)5-11-9/h5-7,12H,3-4H2,1-2H3/t6-,7-/m1/s1. The number of sulfonamides is 1. The van der Waals surface area contributed by atoms with E-state index in [0.29, 0.717) is 18.4 Å². The average Bonchev–Trinajstić information content (AvgIpc) is 2.81. The zero-order valence-corrected chi connectivity index (χ0v) is 10.7. The van der Waals surface area contributed by atoms with Gasteiger partial charge in [0.2, 0.25) is 5.03 Å². The Morgan fingerprint density at radius 3 is 2.75 bits per heavy atom. The van der Waals surface area contributed by atoms with Gasteiger partial charge >= 0.3 is 0 Å². The van der Waals surface area contributed by atoms with Gasteiger partial charge in [-0.05, 0) is 18.3 Å². The van der Waals surface area contributed by atoms with E-state index in [4.69, 9.17) is 11.6 Å². The van der Waals surface area contributed by atoms with Crippen molar-refractivity contribution >= 4 is 21.6 Å². The summed E-state index contributed by atoms with van der Waals surface area (Å²) >= 11 is 5.83. The number of nitrogens with zero attached hydrogens (tertiary/aromatic N) is 2. The zero-order valence-electron chi connectivity index (χ0n) is 9.14. The van der Waals surface area contributed by atoms with Crippen molar-refractivity contribution in [2.24, 2.45) is 18.9 Å². The summed E-state index contributed by atoms with van der Waals surface area (Å²) in [6, 6.07) is 0. The van der Waals surface area contributed by atoms with E-state index in [-0.39, 0.29) is 10.2 Å². The van der Waals surface area contributed by atoms with Crippen LogP contribution in [0.4, 0.5) is 0 Å². The Hall–Kier alpha value is -0.590. The number of aryl methyl sites for hydroxylation is 1. The number of hydrogen-bond acceptors (Lipinski definition) is 3. The summed E-state index contributed by atoms with van der Waals surface area (Å²) in [5.41, 5.74) is 0. The van der Waals surface area contributed by atoms with Crippen molar-refractivity contribution in [3.63, 3.8) is 0 Å². The highest BCUT2D eigenvalue weighted by Crippen LogP contribution is 2.37. The molecule has 1 aromatic rings. The Bertz CT molecular complexity index is 497. The molecule has 0 aromatic carbocycles. The Morgan fingerprint density at radius 1 is 1.69 bits per heavy atom. The van der Waals surface area contributed by atoms with Crippen molar-refractivity contribution in [1.29, 1.82) is 0 Å². The maximum atomic E-state index is 11.8. The molecule has 2 atom stereocenters. The molecule has 2 rings (SSSR count). The molecule has 1 aromatic heterocycles. The highest BCUT2D eigenvalue weighted by atomic mass is 35.5. The lowest BCUT2D eigenvalue weighted by Crippen LogP contribution is -2.26. The van der Waals surface area contributed by atoms with Crippen LogP contribution in [0.2, 0.25) is 5.15 Å². The minimum Gasteiger partial charge on any atom is -0.324 e. The normalized spacial score (nSPS) is 24.7. The van der Waals surface area contributed by atoms with E-state index < -0.39 is 10.0 Å². The summed E-state index contributed by atoms with van der Waals surface area (Å²) in [5.74, 6) is 1.07. The molecule has 5 nitrogen and oxygen atoms in total. The first-order valence-corrected chi connectivity index (χ1v) is 6.94. The molecular weight excluding hydrogens is 250 g/mol. The summed E-state index contributed by atoms with van der Waals surface area (Å²) in [7, 11) is -1.91. The molecule has 1 aliphatic carbocycles. The molecule has 0 aliphatic heterocycles. The molecule has 0 saturated heterocycles. The predicted molar refractivity (Wildman–Crippen MR) is 60.7 cm³/mol. The SMILES string of the molecule is C[C@@H]1C[C@@H]1CNS(=O)(=O)c1ncn(C)c1Cl. The zero-order chi connectivity index (χ0) is 11.9. The van der Waals surface area contributed by atoms with Gasteiger partial charge in [0.15, 0.2) is 0 Å². The maximum absolute atomic E-state index is 11.8. The van der Waals surface area contributed by atoms with Crippen LogP contribution >= 0.6 is 11.6 Å². The molecule has 0 bridgehead atoms. The fourth-order valence-electron chi connectivity index (χ4n) is 1.54. The molecule has 1 heterocycles.